The summed E-state index contributed by atoms with van der Waals surface area (Å²) in [6.07, 6.45) is 0. The van der Waals surface area contributed by atoms with Gasteiger partial charge in [-0.3, -0.25) is 4.79 Å². The molecule has 5 nitrogen and oxygen atoms in total. The number of carbonyl (C=O) groups excluding carboxylic acids is 1. The van der Waals surface area contributed by atoms with Crippen LogP contribution in [0.15, 0.2) is 84.9 Å². The first-order chi connectivity index (χ1) is 16.9. The van der Waals surface area contributed by atoms with Gasteiger partial charge < -0.3 is 15.2 Å². The zero-order chi connectivity index (χ0) is 24.9. The Morgan fingerprint density at radius 2 is 1.51 bits per heavy atom. The smallest absolute Gasteiger partial charge is 0.339 e. The highest BCUT2D eigenvalue weighted by Crippen LogP contribution is 2.30. The van der Waals surface area contributed by atoms with Gasteiger partial charge >= 0.3 is 5.97 Å². The second-order valence-electron chi connectivity index (χ2n) is 7.76. The van der Waals surface area contributed by atoms with Crippen LogP contribution in [0.3, 0.4) is 0 Å². The third kappa shape index (κ3) is 5.48. The molecule has 176 valence electrons. The number of nitrogens with one attached hydrogen (secondary N) is 1. The van der Waals surface area contributed by atoms with Crippen molar-refractivity contribution in [3.8, 4) is 28.0 Å². The maximum absolute atomic E-state index is 12.9. The molecule has 4 aromatic rings. The van der Waals surface area contributed by atoms with Gasteiger partial charge in [0.05, 0.1) is 17.7 Å². The van der Waals surface area contributed by atoms with Crippen molar-refractivity contribution in [2.45, 2.75) is 6.54 Å². The molecule has 0 aliphatic carbocycles. The molecular weight excluding hydrogens is 485 g/mol. The highest BCUT2D eigenvalue weighted by molar-refractivity contribution is 6.34. The largest absolute Gasteiger partial charge is 0.496 e. The number of amides is 1. The fourth-order valence-corrected chi connectivity index (χ4v) is 4.18. The average Bonchev–Trinajstić information content (AvgIpc) is 2.87. The molecule has 1 amide bonds. The minimum atomic E-state index is -1.08. The number of carboxylic acid groups (broad SMARTS) is 1. The zero-order valence-corrected chi connectivity index (χ0v) is 20.2. The second-order valence-corrected chi connectivity index (χ2v) is 8.61. The van der Waals surface area contributed by atoms with Crippen LogP contribution < -0.4 is 10.1 Å². The summed E-state index contributed by atoms with van der Waals surface area (Å²) in [5, 5.41) is 13.4. The number of methoxy groups -OCH3 is 1. The Bertz CT molecular complexity index is 1400. The van der Waals surface area contributed by atoms with E-state index in [2.05, 4.69) is 5.32 Å². The monoisotopic (exact) mass is 505 g/mol. The van der Waals surface area contributed by atoms with E-state index in [1.807, 2.05) is 42.5 Å². The van der Waals surface area contributed by atoms with Gasteiger partial charge in [0.15, 0.2) is 0 Å². The van der Waals surface area contributed by atoms with E-state index in [0.29, 0.717) is 21.2 Å². The number of ether oxygens (including phenoxy) is 1. The predicted octanol–water partition coefficient (Wildman–Crippen LogP) is 6.96. The highest BCUT2D eigenvalue weighted by atomic mass is 35.5. The van der Waals surface area contributed by atoms with E-state index in [-0.39, 0.29) is 23.8 Å². The molecule has 0 aromatic heterocycles. The first-order valence-corrected chi connectivity index (χ1v) is 11.5. The molecule has 4 rings (SSSR count). The Morgan fingerprint density at radius 3 is 2.20 bits per heavy atom. The minimum Gasteiger partial charge on any atom is -0.496 e. The maximum atomic E-state index is 12.9. The van der Waals surface area contributed by atoms with Crippen LogP contribution >= 0.6 is 23.2 Å². The molecule has 0 unspecified atom stereocenters. The van der Waals surface area contributed by atoms with Crippen LogP contribution in [-0.2, 0) is 6.54 Å². The minimum absolute atomic E-state index is 0.0661. The molecule has 4 aromatic carbocycles. The molecule has 0 aliphatic heterocycles. The number of halogens is 2. The summed E-state index contributed by atoms with van der Waals surface area (Å²) in [6, 6.07) is 25.1. The topological polar surface area (TPSA) is 75.6 Å². The first kappa shape index (κ1) is 24.3. The lowest BCUT2D eigenvalue weighted by Gasteiger charge is -2.13. The van der Waals surface area contributed by atoms with E-state index in [1.54, 1.807) is 42.5 Å². The fraction of sp³-hybridized carbons (Fsp3) is 0.0714. The Morgan fingerprint density at radius 1 is 0.829 bits per heavy atom. The van der Waals surface area contributed by atoms with E-state index >= 15 is 0 Å². The van der Waals surface area contributed by atoms with Crippen molar-refractivity contribution in [3.63, 3.8) is 0 Å². The van der Waals surface area contributed by atoms with Crippen molar-refractivity contribution in [3.05, 3.63) is 112 Å². The van der Waals surface area contributed by atoms with E-state index in [1.165, 1.54) is 7.11 Å². The number of hydrogen-bond donors (Lipinski definition) is 2. The Labute approximate surface area is 212 Å². The van der Waals surface area contributed by atoms with Crippen LogP contribution in [0.5, 0.6) is 5.75 Å². The molecule has 35 heavy (non-hydrogen) atoms. The first-order valence-electron chi connectivity index (χ1n) is 10.7. The molecule has 0 bridgehead atoms. The average molecular weight is 506 g/mol. The number of hydrogen-bond acceptors (Lipinski definition) is 3. The molecule has 7 heteroatoms. The van der Waals surface area contributed by atoms with Gasteiger partial charge in [0.1, 0.15) is 11.3 Å². The molecule has 0 fully saturated rings. The second kappa shape index (κ2) is 10.6. The predicted molar refractivity (Wildman–Crippen MR) is 138 cm³/mol. The number of benzene rings is 4. The van der Waals surface area contributed by atoms with E-state index in [4.69, 9.17) is 27.9 Å². The lowest BCUT2D eigenvalue weighted by molar-refractivity contribution is 0.0693. The van der Waals surface area contributed by atoms with Gasteiger partial charge in [0.25, 0.3) is 5.91 Å². The summed E-state index contributed by atoms with van der Waals surface area (Å²) in [6.45, 7) is 0.235. The summed E-state index contributed by atoms with van der Waals surface area (Å²) < 4.78 is 5.15. The molecule has 0 saturated heterocycles. The molecule has 0 aliphatic rings. The maximum Gasteiger partial charge on any atom is 0.339 e. The number of aromatic carboxylic acids is 1. The molecule has 0 atom stereocenters. The van der Waals surface area contributed by atoms with Gasteiger partial charge in [0, 0.05) is 11.6 Å². The van der Waals surface area contributed by atoms with Crippen molar-refractivity contribution in [1.29, 1.82) is 0 Å². The SMILES string of the molecule is COc1ccc(-c2ccccc2CNC(=O)c2ccc(-c3ccc(Cl)cc3)cc2Cl)cc1C(=O)O. The van der Waals surface area contributed by atoms with Crippen molar-refractivity contribution in [1.82, 2.24) is 5.32 Å². The van der Waals surface area contributed by atoms with Crippen molar-refractivity contribution >= 4 is 35.1 Å². The molecule has 0 saturated carbocycles. The van der Waals surface area contributed by atoms with Crippen molar-refractivity contribution in [2.24, 2.45) is 0 Å². The number of carbonyl (C=O) groups is 2. The molecular formula is C28H21Cl2NO4. The van der Waals surface area contributed by atoms with Gasteiger partial charge in [-0.1, -0.05) is 71.7 Å². The number of carboxylic acids is 1. The Hall–Kier alpha value is -3.80. The summed E-state index contributed by atoms with van der Waals surface area (Å²) >= 11 is 12.4. The lowest BCUT2D eigenvalue weighted by Crippen LogP contribution is -2.23. The highest BCUT2D eigenvalue weighted by Gasteiger charge is 2.16. The van der Waals surface area contributed by atoms with E-state index < -0.39 is 5.97 Å². The van der Waals surface area contributed by atoms with Gasteiger partial charge in [-0.15, -0.1) is 0 Å². The zero-order valence-electron chi connectivity index (χ0n) is 18.7. The third-order valence-corrected chi connectivity index (χ3v) is 6.15. The van der Waals surface area contributed by atoms with Crippen LogP contribution in [0.25, 0.3) is 22.3 Å². The van der Waals surface area contributed by atoms with Gasteiger partial charge in [-0.2, -0.15) is 0 Å². The summed E-state index contributed by atoms with van der Waals surface area (Å²) in [4.78, 5) is 24.5. The lowest BCUT2D eigenvalue weighted by atomic mass is 9.97. The fourth-order valence-electron chi connectivity index (χ4n) is 3.79. The summed E-state index contributed by atoms with van der Waals surface area (Å²) in [5.41, 5.74) is 4.59. The summed E-state index contributed by atoms with van der Waals surface area (Å²) in [7, 11) is 1.43. The van der Waals surface area contributed by atoms with Crippen molar-refractivity contribution < 1.29 is 19.4 Å². The summed E-state index contributed by atoms with van der Waals surface area (Å²) in [5.74, 6) is -1.11. The molecule has 0 radical (unpaired) electrons. The van der Waals surface area contributed by atoms with Crippen LogP contribution in [0.2, 0.25) is 10.0 Å². The Balaban J connectivity index is 1.54. The van der Waals surface area contributed by atoms with Crippen molar-refractivity contribution in [2.75, 3.05) is 7.11 Å². The van der Waals surface area contributed by atoms with Crippen LogP contribution in [0.1, 0.15) is 26.3 Å². The van der Waals surface area contributed by atoms with Crippen LogP contribution in [0.4, 0.5) is 0 Å². The standard InChI is InChI=1S/C28H21Cl2NO4/c1-35-26-13-9-19(14-24(26)28(33)34)22-5-3-2-4-20(22)16-31-27(32)23-12-8-18(15-25(23)30)17-6-10-21(29)11-7-17/h2-15H,16H2,1H3,(H,31,32)(H,33,34). The third-order valence-electron chi connectivity index (χ3n) is 5.59. The quantitative estimate of drug-likeness (QED) is 0.284. The Kier molecular flexibility index (Phi) is 7.39. The van der Waals surface area contributed by atoms with Gasteiger partial charge in [-0.05, 0) is 64.2 Å². The van der Waals surface area contributed by atoms with Gasteiger partial charge in [-0.25, -0.2) is 4.79 Å². The number of rotatable bonds is 7. The van der Waals surface area contributed by atoms with Gasteiger partial charge in [0.2, 0.25) is 0 Å². The molecule has 2 N–H and O–H groups in total. The molecule has 0 heterocycles. The van der Waals surface area contributed by atoms with E-state index in [9.17, 15) is 14.7 Å². The van der Waals surface area contributed by atoms with E-state index in [0.717, 1.165) is 22.3 Å². The normalized spacial score (nSPS) is 10.6. The van der Waals surface area contributed by atoms with Crippen LogP contribution in [0, 0.1) is 0 Å². The van der Waals surface area contributed by atoms with Crippen LogP contribution in [-0.4, -0.2) is 24.1 Å². The molecule has 0 spiro atoms.